The lowest BCUT2D eigenvalue weighted by atomic mass is 9.53. The number of ether oxygens (including phenoxy) is 1. The molecule has 0 aromatic carbocycles. The largest absolute Gasteiger partial charge is 0.396 e. The second-order valence-corrected chi connectivity index (χ2v) is 7.52. The Morgan fingerprint density at radius 3 is 2.50 bits per heavy atom. The van der Waals surface area contributed by atoms with Crippen LogP contribution in [0.4, 0.5) is 0 Å². The maximum Gasteiger partial charge on any atom is 0.101 e. The Balaban J connectivity index is 2.01. The van der Waals surface area contributed by atoms with E-state index in [1.807, 2.05) is 0 Å². The zero-order valence-electron chi connectivity index (χ0n) is 11.8. The van der Waals surface area contributed by atoms with Gasteiger partial charge in [-0.1, -0.05) is 6.92 Å². The smallest absolute Gasteiger partial charge is 0.101 e. The molecule has 0 radical (unpaired) electrons. The average Bonchev–Trinajstić information content (AvgIpc) is 2.54. The molecule has 5 atom stereocenters. The van der Waals surface area contributed by atoms with Crippen LogP contribution >= 0.6 is 0 Å². The normalized spacial score (nSPS) is 54.2. The summed E-state index contributed by atoms with van der Waals surface area (Å²) in [5, 5.41) is 20.2. The van der Waals surface area contributed by atoms with Crippen LogP contribution in [0.3, 0.4) is 0 Å². The average molecular weight is 254 g/mol. The van der Waals surface area contributed by atoms with E-state index in [2.05, 4.69) is 20.8 Å². The van der Waals surface area contributed by atoms with Crippen LogP contribution in [-0.2, 0) is 4.74 Å². The summed E-state index contributed by atoms with van der Waals surface area (Å²) in [4.78, 5) is 0. The molecule has 2 aliphatic carbocycles. The van der Waals surface area contributed by atoms with Gasteiger partial charge in [-0.3, -0.25) is 0 Å². The Morgan fingerprint density at radius 2 is 1.83 bits per heavy atom. The third kappa shape index (κ3) is 1.41. The highest BCUT2D eigenvalue weighted by Crippen LogP contribution is 2.64. The molecule has 3 fully saturated rings. The molecule has 2 saturated carbocycles. The molecule has 2 unspecified atom stereocenters. The molecule has 1 heterocycles. The van der Waals surface area contributed by atoms with Crippen molar-refractivity contribution in [2.75, 3.05) is 6.61 Å². The van der Waals surface area contributed by atoms with E-state index < -0.39 is 11.7 Å². The van der Waals surface area contributed by atoms with Crippen molar-refractivity contribution in [1.29, 1.82) is 0 Å². The first-order chi connectivity index (χ1) is 8.35. The van der Waals surface area contributed by atoms with Crippen molar-refractivity contribution in [3.63, 3.8) is 0 Å². The molecular weight excluding hydrogens is 228 g/mol. The highest BCUT2D eigenvalue weighted by atomic mass is 16.5. The second-order valence-electron chi connectivity index (χ2n) is 7.52. The van der Waals surface area contributed by atoms with Crippen LogP contribution < -0.4 is 0 Å². The summed E-state index contributed by atoms with van der Waals surface area (Å²) in [7, 11) is 0. The van der Waals surface area contributed by atoms with Gasteiger partial charge >= 0.3 is 0 Å². The minimum Gasteiger partial charge on any atom is -0.396 e. The van der Waals surface area contributed by atoms with Crippen molar-refractivity contribution < 1.29 is 14.9 Å². The molecule has 1 saturated heterocycles. The molecule has 3 nitrogen and oxygen atoms in total. The topological polar surface area (TPSA) is 49.7 Å². The van der Waals surface area contributed by atoms with E-state index in [4.69, 9.17) is 4.74 Å². The minimum atomic E-state index is -0.508. The van der Waals surface area contributed by atoms with Crippen LogP contribution in [-0.4, -0.2) is 34.1 Å². The monoisotopic (exact) mass is 254 g/mol. The van der Waals surface area contributed by atoms with E-state index in [0.717, 1.165) is 25.7 Å². The lowest BCUT2D eigenvalue weighted by Crippen LogP contribution is -2.62. The maximum absolute atomic E-state index is 10.8. The molecule has 1 aliphatic heterocycles. The third-order valence-corrected chi connectivity index (χ3v) is 6.27. The minimum absolute atomic E-state index is 0.00859. The van der Waals surface area contributed by atoms with Gasteiger partial charge in [-0.05, 0) is 57.3 Å². The zero-order valence-corrected chi connectivity index (χ0v) is 11.8. The summed E-state index contributed by atoms with van der Waals surface area (Å²) >= 11 is 0. The van der Waals surface area contributed by atoms with Gasteiger partial charge in [-0.25, -0.2) is 0 Å². The summed E-state index contributed by atoms with van der Waals surface area (Å²) in [6.07, 6.45) is 4.81. The van der Waals surface area contributed by atoms with Gasteiger partial charge in [-0.15, -0.1) is 0 Å². The van der Waals surface area contributed by atoms with Crippen LogP contribution in [0.15, 0.2) is 0 Å². The van der Waals surface area contributed by atoms with E-state index in [9.17, 15) is 10.2 Å². The van der Waals surface area contributed by atoms with Crippen molar-refractivity contribution in [3.8, 4) is 0 Å². The van der Waals surface area contributed by atoms with Crippen molar-refractivity contribution in [1.82, 2.24) is 0 Å². The first-order valence-corrected chi connectivity index (χ1v) is 7.34. The summed E-state index contributed by atoms with van der Waals surface area (Å²) in [5.74, 6) is 0.545. The molecule has 0 aromatic heterocycles. The lowest BCUT2D eigenvalue weighted by molar-refractivity contribution is -0.237. The van der Waals surface area contributed by atoms with Gasteiger partial charge < -0.3 is 14.9 Å². The van der Waals surface area contributed by atoms with Gasteiger partial charge in [0.1, 0.15) is 5.60 Å². The second kappa shape index (κ2) is 3.71. The van der Waals surface area contributed by atoms with Crippen LogP contribution in [0.1, 0.15) is 52.9 Å². The van der Waals surface area contributed by atoms with Crippen LogP contribution in [0.25, 0.3) is 0 Å². The van der Waals surface area contributed by atoms with Crippen LogP contribution in [0.2, 0.25) is 0 Å². The fourth-order valence-corrected chi connectivity index (χ4v) is 4.84. The Kier molecular flexibility index (Phi) is 2.66. The van der Waals surface area contributed by atoms with Gasteiger partial charge in [0, 0.05) is 12.5 Å². The quantitative estimate of drug-likeness (QED) is 0.753. The van der Waals surface area contributed by atoms with E-state index in [-0.39, 0.29) is 23.5 Å². The zero-order chi connectivity index (χ0) is 13.2. The molecule has 104 valence electrons. The lowest BCUT2D eigenvalue weighted by Gasteiger charge is -2.56. The van der Waals surface area contributed by atoms with E-state index >= 15 is 0 Å². The number of hydrogen-bond acceptors (Lipinski definition) is 3. The highest BCUT2D eigenvalue weighted by molar-refractivity contribution is 5.17. The van der Waals surface area contributed by atoms with E-state index in [0.29, 0.717) is 5.92 Å². The fourth-order valence-electron chi connectivity index (χ4n) is 4.84. The maximum atomic E-state index is 10.8. The van der Waals surface area contributed by atoms with Gasteiger partial charge in [0.2, 0.25) is 0 Å². The molecular formula is C15H26O3. The molecule has 18 heavy (non-hydrogen) atoms. The molecule has 0 amide bonds. The third-order valence-electron chi connectivity index (χ3n) is 6.27. The summed E-state index contributed by atoms with van der Waals surface area (Å²) in [6.45, 7) is 6.68. The van der Waals surface area contributed by atoms with Gasteiger partial charge in [0.15, 0.2) is 0 Å². The van der Waals surface area contributed by atoms with E-state index in [1.54, 1.807) is 0 Å². The summed E-state index contributed by atoms with van der Waals surface area (Å²) in [5.41, 5.74) is -0.455. The first kappa shape index (κ1) is 12.9. The molecule has 1 spiro atoms. The number of aliphatic hydroxyl groups excluding tert-OH is 2. The summed E-state index contributed by atoms with van der Waals surface area (Å²) in [6, 6.07) is 0. The predicted molar refractivity (Wildman–Crippen MR) is 69.2 cm³/mol. The number of hydrogen-bond donors (Lipinski definition) is 2. The molecule has 3 rings (SSSR count). The van der Waals surface area contributed by atoms with Crippen molar-refractivity contribution >= 4 is 0 Å². The molecule has 0 aromatic rings. The molecule has 3 aliphatic rings. The van der Waals surface area contributed by atoms with Gasteiger partial charge in [0.05, 0.1) is 11.7 Å². The van der Waals surface area contributed by atoms with Crippen LogP contribution in [0.5, 0.6) is 0 Å². The standard InChI is InChI=1S/C15H26O3/c1-13(2)11-5-7-14(3)6-4-10(9-16)12(17)15(14,8-11)18-13/h10-12,16-17H,4-9H2,1-3H3/t10-,11?,12?,14+,15+/m1/s1. The van der Waals surface area contributed by atoms with Crippen LogP contribution in [0, 0.1) is 17.3 Å². The number of aliphatic hydroxyl groups is 2. The van der Waals surface area contributed by atoms with Crippen molar-refractivity contribution in [3.05, 3.63) is 0 Å². The summed E-state index contributed by atoms with van der Waals surface area (Å²) < 4.78 is 6.45. The molecule has 2 N–H and O–H groups in total. The highest BCUT2D eigenvalue weighted by Gasteiger charge is 2.67. The fraction of sp³-hybridized carbons (Fsp3) is 1.00. The SMILES string of the molecule is CC1(C)O[C@]23CC1CC[C@]2(C)CC[C@H](CO)C3O. The molecule has 2 bridgehead atoms. The Hall–Kier alpha value is -0.120. The Bertz CT molecular complexity index is 354. The van der Waals surface area contributed by atoms with Gasteiger partial charge in [0.25, 0.3) is 0 Å². The number of fused-ring (bicyclic) bond motifs is 1. The van der Waals surface area contributed by atoms with Crippen molar-refractivity contribution in [2.24, 2.45) is 17.3 Å². The van der Waals surface area contributed by atoms with Gasteiger partial charge in [-0.2, -0.15) is 0 Å². The first-order valence-electron chi connectivity index (χ1n) is 7.34. The Morgan fingerprint density at radius 1 is 1.17 bits per heavy atom. The Labute approximate surface area is 110 Å². The van der Waals surface area contributed by atoms with Crippen molar-refractivity contribution in [2.45, 2.75) is 70.2 Å². The number of rotatable bonds is 1. The predicted octanol–water partition coefficient (Wildman–Crippen LogP) is 2.10. The molecule has 3 heteroatoms. The van der Waals surface area contributed by atoms with E-state index in [1.165, 1.54) is 6.42 Å².